The van der Waals surface area contributed by atoms with Crippen LogP contribution in [0.1, 0.15) is 30.1 Å². The Kier molecular flexibility index (Phi) is 7.13. The molecule has 0 amide bonds. The minimum atomic E-state index is -3.65. The highest BCUT2D eigenvalue weighted by Crippen LogP contribution is 2.34. The van der Waals surface area contributed by atoms with Gasteiger partial charge in [-0.1, -0.05) is 35.9 Å². The van der Waals surface area contributed by atoms with Gasteiger partial charge in [-0.15, -0.1) is 11.3 Å². The molecule has 3 aromatic heterocycles. The number of nitrogens with one attached hydrogen (secondary N) is 1. The number of carbonyl (C=O) groups is 1. The van der Waals surface area contributed by atoms with E-state index in [4.69, 9.17) is 21.6 Å². The third-order valence-electron chi connectivity index (χ3n) is 6.89. The van der Waals surface area contributed by atoms with E-state index < -0.39 is 10.0 Å². The van der Waals surface area contributed by atoms with E-state index in [-0.39, 0.29) is 16.7 Å². The lowest BCUT2D eigenvalue weighted by molar-refractivity contribution is 0.101. The van der Waals surface area contributed by atoms with E-state index in [9.17, 15) is 13.2 Å². The highest BCUT2D eigenvalue weighted by molar-refractivity contribution is 7.89. The average molecular weight is 593 g/mol. The van der Waals surface area contributed by atoms with Gasteiger partial charge in [-0.25, -0.2) is 23.4 Å². The van der Waals surface area contributed by atoms with Gasteiger partial charge < -0.3 is 5.32 Å². The van der Waals surface area contributed by atoms with Crippen molar-refractivity contribution in [3.8, 4) is 22.6 Å². The van der Waals surface area contributed by atoms with E-state index in [0.29, 0.717) is 41.7 Å². The van der Waals surface area contributed by atoms with Crippen molar-refractivity contribution >= 4 is 49.7 Å². The Labute approximate surface area is 240 Å². The number of anilines is 1. The Bertz CT molecular complexity index is 1800. The summed E-state index contributed by atoms with van der Waals surface area (Å²) >= 11 is 7.47. The summed E-state index contributed by atoms with van der Waals surface area (Å²) in [7, 11) is -3.65. The maximum atomic E-state index is 13.2. The van der Waals surface area contributed by atoms with Gasteiger partial charge in [0.05, 0.1) is 16.3 Å². The molecule has 2 aromatic carbocycles. The summed E-state index contributed by atoms with van der Waals surface area (Å²) in [5.41, 5.74) is 3.76. The van der Waals surface area contributed by atoms with E-state index in [1.165, 1.54) is 27.8 Å². The van der Waals surface area contributed by atoms with Crippen LogP contribution in [0, 0.1) is 0 Å². The van der Waals surface area contributed by atoms with Crippen LogP contribution in [-0.4, -0.2) is 57.0 Å². The molecule has 1 aliphatic heterocycles. The molecular formula is C28H25ClN6O3S2. The van der Waals surface area contributed by atoms with Crippen molar-refractivity contribution in [2.24, 2.45) is 0 Å². The maximum Gasteiger partial charge on any atom is 0.243 e. The highest BCUT2D eigenvalue weighted by Gasteiger charge is 2.30. The molecule has 1 fully saturated rings. The van der Waals surface area contributed by atoms with Crippen LogP contribution in [0.2, 0.25) is 5.02 Å². The van der Waals surface area contributed by atoms with Gasteiger partial charge in [-0.05, 0) is 50.1 Å². The zero-order valence-corrected chi connectivity index (χ0v) is 23.9. The lowest BCUT2D eigenvalue weighted by atomic mass is 10.0. The van der Waals surface area contributed by atoms with Gasteiger partial charge in [-0.3, -0.25) is 9.20 Å². The van der Waals surface area contributed by atoms with E-state index in [0.717, 1.165) is 28.3 Å². The first-order valence-corrected chi connectivity index (χ1v) is 15.4. The minimum absolute atomic E-state index is 0.00589. The number of fused-ring (bicyclic) bond motifs is 1. The van der Waals surface area contributed by atoms with Crippen molar-refractivity contribution in [1.82, 2.24) is 23.7 Å². The molecule has 1 N–H and O–H groups in total. The third-order valence-corrected chi connectivity index (χ3v) is 9.78. The standard InChI is InChI=1S/C28H25ClN6O3S2/c1-18(36)19-4-6-20(7-5-19)25-26(35-15-16-39-28(35)33-25)24-12-13-30-27(32-24)31-22-3-2-14-34(17-22)40(37,38)23-10-8-21(29)9-11-23/h4-13,15-16,22H,2-3,14,17H2,1H3,(H,30,31,32)/t22-/m1/s1. The normalized spacial score (nSPS) is 16.3. The first-order chi connectivity index (χ1) is 19.3. The van der Waals surface area contributed by atoms with E-state index in [1.54, 1.807) is 37.4 Å². The molecule has 0 unspecified atom stereocenters. The number of nitrogens with zero attached hydrogens (tertiary/aromatic N) is 5. The number of sulfonamides is 1. The van der Waals surface area contributed by atoms with Gasteiger partial charge in [0.1, 0.15) is 5.69 Å². The Balaban J connectivity index is 1.27. The molecule has 6 rings (SSSR count). The summed E-state index contributed by atoms with van der Waals surface area (Å²) in [5, 5.41) is 5.81. The molecular weight excluding hydrogens is 568 g/mol. The quantitative estimate of drug-likeness (QED) is 0.244. The summed E-state index contributed by atoms with van der Waals surface area (Å²) in [6, 6.07) is 15.3. The number of hydrogen-bond donors (Lipinski definition) is 1. The number of ketones is 1. The lowest BCUT2D eigenvalue weighted by Gasteiger charge is -2.32. The molecule has 0 spiro atoms. The molecule has 12 heteroatoms. The molecule has 4 heterocycles. The monoisotopic (exact) mass is 592 g/mol. The van der Waals surface area contributed by atoms with Crippen LogP contribution in [-0.2, 0) is 10.0 Å². The van der Waals surface area contributed by atoms with Crippen LogP contribution in [0.25, 0.3) is 27.6 Å². The van der Waals surface area contributed by atoms with Crippen molar-refractivity contribution in [2.75, 3.05) is 18.4 Å². The number of aromatic nitrogens is 4. The minimum Gasteiger partial charge on any atom is -0.350 e. The highest BCUT2D eigenvalue weighted by atomic mass is 35.5. The Morgan fingerprint density at radius 1 is 1.07 bits per heavy atom. The zero-order chi connectivity index (χ0) is 27.9. The summed E-state index contributed by atoms with van der Waals surface area (Å²) in [6.45, 7) is 2.29. The second-order valence-electron chi connectivity index (χ2n) is 9.56. The van der Waals surface area contributed by atoms with Gasteiger partial charge in [0.15, 0.2) is 10.7 Å². The summed E-state index contributed by atoms with van der Waals surface area (Å²) < 4.78 is 30.0. The number of benzene rings is 2. The summed E-state index contributed by atoms with van der Waals surface area (Å²) in [5.74, 6) is 0.419. The first-order valence-electron chi connectivity index (χ1n) is 12.7. The number of carbonyl (C=O) groups excluding carboxylic acids is 1. The fourth-order valence-corrected chi connectivity index (χ4v) is 7.24. The number of hydrogen-bond acceptors (Lipinski definition) is 8. The van der Waals surface area contributed by atoms with E-state index in [2.05, 4.69) is 10.3 Å². The van der Waals surface area contributed by atoms with E-state index in [1.807, 2.05) is 34.2 Å². The lowest BCUT2D eigenvalue weighted by Crippen LogP contribution is -2.45. The predicted octanol–water partition coefficient (Wildman–Crippen LogP) is 5.64. The average Bonchev–Trinajstić information content (AvgIpc) is 3.55. The summed E-state index contributed by atoms with van der Waals surface area (Å²) in [4.78, 5) is 26.9. The van der Waals surface area contributed by atoms with Crippen LogP contribution in [0.3, 0.4) is 0 Å². The van der Waals surface area contributed by atoms with Gasteiger partial charge in [-0.2, -0.15) is 4.31 Å². The topological polar surface area (TPSA) is 110 Å². The Morgan fingerprint density at radius 2 is 1.85 bits per heavy atom. The molecule has 1 atom stereocenters. The fourth-order valence-electron chi connectivity index (χ4n) is 4.87. The van der Waals surface area contributed by atoms with Crippen molar-refractivity contribution in [2.45, 2.75) is 30.7 Å². The van der Waals surface area contributed by atoms with Crippen molar-refractivity contribution in [3.63, 3.8) is 0 Å². The molecule has 204 valence electrons. The molecule has 1 saturated heterocycles. The molecule has 40 heavy (non-hydrogen) atoms. The molecule has 0 aliphatic carbocycles. The smallest absolute Gasteiger partial charge is 0.243 e. The largest absolute Gasteiger partial charge is 0.350 e. The number of thiazole rings is 1. The van der Waals surface area contributed by atoms with Gasteiger partial charge in [0.2, 0.25) is 16.0 Å². The SMILES string of the molecule is CC(=O)c1ccc(-c2nc3sccn3c2-c2ccnc(N[C@@H]3CCCN(S(=O)(=O)c4ccc(Cl)cc4)C3)n2)cc1. The molecule has 5 aromatic rings. The predicted molar refractivity (Wildman–Crippen MR) is 156 cm³/mol. The second kappa shape index (κ2) is 10.7. The number of imidazole rings is 1. The van der Waals surface area contributed by atoms with Gasteiger partial charge in [0, 0.05) is 53.1 Å². The van der Waals surface area contributed by atoms with Crippen LogP contribution < -0.4 is 5.32 Å². The van der Waals surface area contributed by atoms with Gasteiger partial charge >= 0.3 is 0 Å². The van der Waals surface area contributed by atoms with Crippen molar-refractivity contribution in [3.05, 3.63) is 83.0 Å². The number of halogens is 1. The number of rotatable bonds is 7. The molecule has 0 bridgehead atoms. The van der Waals surface area contributed by atoms with Crippen molar-refractivity contribution < 1.29 is 13.2 Å². The third kappa shape index (κ3) is 5.13. The van der Waals surface area contributed by atoms with Crippen LogP contribution in [0.15, 0.2) is 77.3 Å². The summed E-state index contributed by atoms with van der Waals surface area (Å²) in [6.07, 6.45) is 5.13. The second-order valence-corrected chi connectivity index (χ2v) is 12.8. The number of piperidine rings is 1. The molecule has 0 saturated carbocycles. The van der Waals surface area contributed by atoms with E-state index >= 15 is 0 Å². The molecule has 9 nitrogen and oxygen atoms in total. The van der Waals surface area contributed by atoms with Crippen LogP contribution in [0.4, 0.5) is 5.95 Å². The first kappa shape index (κ1) is 26.6. The van der Waals surface area contributed by atoms with Crippen LogP contribution >= 0.6 is 22.9 Å². The maximum absolute atomic E-state index is 13.2. The van der Waals surface area contributed by atoms with Crippen LogP contribution in [0.5, 0.6) is 0 Å². The fraction of sp³-hybridized carbons (Fsp3) is 0.214. The van der Waals surface area contributed by atoms with Gasteiger partial charge in [0.25, 0.3) is 0 Å². The Morgan fingerprint density at radius 3 is 2.60 bits per heavy atom. The zero-order valence-electron chi connectivity index (χ0n) is 21.5. The molecule has 1 aliphatic rings. The number of Topliss-reactive ketones (excluding diaryl/α,β-unsaturated/α-hetero) is 1. The molecule has 0 radical (unpaired) electrons. The Hall–Kier alpha value is -3.64. The van der Waals surface area contributed by atoms with Crippen molar-refractivity contribution in [1.29, 1.82) is 0 Å².